The minimum atomic E-state index is -0.903. The summed E-state index contributed by atoms with van der Waals surface area (Å²) in [5.41, 5.74) is -2.14. The SMILES string of the molecule is Cn1c(O)c(C(=O)c2ccc(F)cc2)c(=O)n(C)c1=O. The van der Waals surface area contributed by atoms with Gasteiger partial charge < -0.3 is 5.11 Å². The zero-order valence-electron chi connectivity index (χ0n) is 10.8. The molecule has 0 radical (unpaired) electrons. The van der Waals surface area contributed by atoms with E-state index in [9.17, 15) is 23.9 Å². The fraction of sp³-hybridized carbons (Fsp3) is 0.154. The molecule has 0 aliphatic heterocycles. The van der Waals surface area contributed by atoms with E-state index in [1.54, 1.807) is 0 Å². The van der Waals surface area contributed by atoms with Crippen LogP contribution in [0.2, 0.25) is 0 Å². The molecule has 0 fully saturated rings. The van der Waals surface area contributed by atoms with Crippen LogP contribution in [0.3, 0.4) is 0 Å². The highest BCUT2D eigenvalue weighted by Crippen LogP contribution is 2.15. The van der Waals surface area contributed by atoms with E-state index in [-0.39, 0.29) is 5.56 Å². The number of halogens is 1. The van der Waals surface area contributed by atoms with Crippen LogP contribution >= 0.6 is 0 Å². The highest BCUT2D eigenvalue weighted by atomic mass is 19.1. The van der Waals surface area contributed by atoms with Crippen molar-refractivity contribution in [1.29, 1.82) is 0 Å². The van der Waals surface area contributed by atoms with Gasteiger partial charge in [0.1, 0.15) is 11.4 Å². The van der Waals surface area contributed by atoms with E-state index in [4.69, 9.17) is 0 Å². The van der Waals surface area contributed by atoms with Crippen molar-refractivity contribution in [3.63, 3.8) is 0 Å². The Kier molecular flexibility index (Phi) is 3.27. The maximum atomic E-state index is 12.8. The van der Waals surface area contributed by atoms with Gasteiger partial charge in [-0.05, 0) is 24.3 Å². The Bertz CT molecular complexity index is 803. The van der Waals surface area contributed by atoms with Crippen LogP contribution < -0.4 is 11.2 Å². The van der Waals surface area contributed by atoms with Gasteiger partial charge in [-0.25, -0.2) is 9.18 Å². The Morgan fingerprint density at radius 3 is 2.20 bits per heavy atom. The van der Waals surface area contributed by atoms with Gasteiger partial charge in [0, 0.05) is 19.7 Å². The number of nitrogens with zero attached hydrogens (tertiary/aromatic N) is 2. The van der Waals surface area contributed by atoms with Crippen LogP contribution in [0.4, 0.5) is 4.39 Å². The minimum absolute atomic E-state index is 0.0393. The first-order valence-electron chi connectivity index (χ1n) is 5.64. The van der Waals surface area contributed by atoms with Crippen LogP contribution in [0, 0.1) is 5.82 Å². The quantitative estimate of drug-likeness (QED) is 0.793. The fourth-order valence-corrected chi connectivity index (χ4v) is 1.78. The lowest BCUT2D eigenvalue weighted by Crippen LogP contribution is -2.40. The highest BCUT2D eigenvalue weighted by molar-refractivity contribution is 6.10. The number of ketones is 1. The Morgan fingerprint density at radius 1 is 1.10 bits per heavy atom. The molecule has 20 heavy (non-hydrogen) atoms. The van der Waals surface area contributed by atoms with Crippen LogP contribution in [0.1, 0.15) is 15.9 Å². The maximum absolute atomic E-state index is 12.8. The predicted octanol–water partition coefficient (Wildman–Crippen LogP) is 0.160. The standard InChI is InChI=1S/C13H11FN2O4/c1-15-11(18)9(12(19)16(2)13(15)20)10(17)7-3-5-8(14)6-4-7/h3-6,18H,1-2H3. The lowest BCUT2D eigenvalue weighted by atomic mass is 10.1. The Balaban J connectivity index is 2.70. The molecule has 0 saturated heterocycles. The molecule has 0 bridgehead atoms. The van der Waals surface area contributed by atoms with Gasteiger partial charge in [0.05, 0.1) is 0 Å². The first kappa shape index (κ1) is 13.7. The molecule has 2 aromatic rings. The highest BCUT2D eigenvalue weighted by Gasteiger charge is 2.22. The molecule has 6 nitrogen and oxygen atoms in total. The van der Waals surface area contributed by atoms with Crippen molar-refractivity contribution in [1.82, 2.24) is 9.13 Å². The summed E-state index contributed by atoms with van der Waals surface area (Å²) in [7, 11) is 2.43. The average Bonchev–Trinajstić information content (AvgIpc) is 2.44. The van der Waals surface area contributed by atoms with Gasteiger partial charge in [0.25, 0.3) is 5.56 Å². The molecule has 0 spiro atoms. The number of carbonyl (C=O) groups excluding carboxylic acids is 1. The van der Waals surface area contributed by atoms with Crippen molar-refractivity contribution < 1.29 is 14.3 Å². The smallest absolute Gasteiger partial charge is 0.333 e. The number of hydrogen-bond acceptors (Lipinski definition) is 4. The molecule has 0 aliphatic carbocycles. The predicted molar refractivity (Wildman–Crippen MR) is 68.4 cm³/mol. The van der Waals surface area contributed by atoms with E-state index < -0.39 is 34.3 Å². The maximum Gasteiger partial charge on any atom is 0.333 e. The summed E-state index contributed by atoms with van der Waals surface area (Å²) in [4.78, 5) is 35.7. The van der Waals surface area contributed by atoms with Crippen LogP contribution in [0.15, 0.2) is 33.9 Å². The van der Waals surface area contributed by atoms with Crippen molar-refractivity contribution in [2.45, 2.75) is 0 Å². The van der Waals surface area contributed by atoms with Crippen molar-refractivity contribution in [2.75, 3.05) is 0 Å². The van der Waals surface area contributed by atoms with Gasteiger partial charge in [0.2, 0.25) is 11.7 Å². The lowest BCUT2D eigenvalue weighted by molar-refractivity contribution is 0.103. The van der Waals surface area contributed by atoms with Crippen LogP contribution in [0.25, 0.3) is 0 Å². The van der Waals surface area contributed by atoms with Crippen molar-refractivity contribution >= 4 is 5.78 Å². The third-order valence-electron chi connectivity index (χ3n) is 2.97. The van der Waals surface area contributed by atoms with E-state index in [0.717, 1.165) is 21.3 Å². The zero-order chi connectivity index (χ0) is 15.0. The van der Waals surface area contributed by atoms with Crippen LogP contribution in [-0.2, 0) is 14.1 Å². The molecule has 7 heteroatoms. The monoisotopic (exact) mass is 278 g/mol. The van der Waals surface area contributed by atoms with Crippen molar-refractivity contribution in [2.24, 2.45) is 14.1 Å². The first-order valence-corrected chi connectivity index (χ1v) is 5.64. The zero-order valence-corrected chi connectivity index (χ0v) is 10.8. The van der Waals surface area contributed by atoms with Crippen molar-refractivity contribution in [3.05, 3.63) is 62.0 Å². The first-order chi connectivity index (χ1) is 9.34. The van der Waals surface area contributed by atoms with E-state index in [1.165, 1.54) is 26.2 Å². The average molecular weight is 278 g/mol. The second kappa shape index (κ2) is 4.76. The minimum Gasteiger partial charge on any atom is -0.494 e. The van der Waals surface area contributed by atoms with E-state index >= 15 is 0 Å². The molecule has 1 heterocycles. The van der Waals surface area contributed by atoms with E-state index in [0.29, 0.717) is 0 Å². The van der Waals surface area contributed by atoms with Gasteiger partial charge in [0.15, 0.2) is 0 Å². The fourth-order valence-electron chi connectivity index (χ4n) is 1.78. The number of hydrogen-bond donors (Lipinski definition) is 1. The number of rotatable bonds is 2. The Labute approximate surface area is 112 Å². The van der Waals surface area contributed by atoms with Gasteiger partial charge in [-0.1, -0.05) is 0 Å². The van der Waals surface area contributed by atoms with Crippen molar-refractivity contribution in [3.8, 4) is 5.88 Å². The molecule has 1 N–H and O–H groups in total. The molecular weight excluding hydrogens is 267 g/mol. The van der Waals surface area contributed by atoms with Crippen LogP contribution in [0.5, 0.6) is 5.88 Å². The summed E-state index contributed by atoms with van der Waals surface area (Å²) in [5, 5.41) is 9.82. The number of aromatic nitrogens is 2. The summed E-state index contributed by atoms with van der Waals surface area (Å²) in [5.74, 6) is -2.02. The molecule has 0 atom stereocenters. The summed E-state index contributed by atoms with van der Waals surface area (Å²) in [6.45, 7) is 0. The Morgan fingerprint density at radius 2 is 1.65 bits per heavy atom. The Hall–Kier alpha value is -2.70. The van der Waals surface area contributed by atoms with Gasteiger partial charge in [-0.3, -0.25) is 18.7 Å². The lowest BCUT2D eigenvalue weighted by Gasteiger charge is -2.09. The van der Waals surface area contributed by atoms with E-state index in [1.807, 2.05) is 0 Å². The summed E-state index contributed by atoms with van der Waals surface area (Å²) in [6, 6.07) is 4.52. The molecule has 0 aliphatic rings. The second-order valence-electron chi connectivity index (χ2n) is 4.24. The molecule has 1 aromatic heterocycles. The molecule has 0 amide bonds. The molecule has 0 saturated carbocycles. The second-order valence-corrected chi connectivity index (χ2v) is 4.24. The third-order valence-corrected chi connectivity index (χ3v) is 2.97. The van der Waals surface area contributed by atoms with Gasteiger partial charge >= 0.3 is 5.69 Å². The number of aromatic hydroxyl groups is 1. The summed E-state index contributed by atoms with van der Waals surface area (Å²) < 4.78 is 14.3. The third kappa shape index (κ3) is 2.03. The number of benzene rings is 1. The molecule has 104 valence electrons. The summed E-state index contributed by atoms with van der Waals surface area (Å²) in [6.07, 6.45) is 0. The largest absolute Gasteiger partial charge is 0.494 e. The topological polar surface area (TPSA) is 81.3 Å². The molecular formula is C13H11FN2O4. The normalized spacial score (nSPS) is 10.6. The molecule has 1 aromatic carbocycles. The molecule has 2 rings (SSSR count). The van der Waals surface area contributed by atoms with Gasteiger partial charge in [-0.2, -0.15) is 0 Å². The summed E-state index contributed by atoms with van der Waals surface area (Å²) >= 11 is 0. The van der Waals surface area contributed by atoms with E-state index in [2.05, 4.69) is 0 Å². The van der Waals surface area contributed by atoms with Gasteiger partial charge in [-0.15, -0.1) is 0 Å². The van der Waals surface area contributed by atoms with Crippen LogP contribution in [-0.4, -0.2) is 20.0 Å². The molecule has 0 unspecified atom stereocenters. The number of carbonyl (C=O) groups is 1.